The Kier molecular flexibility index (Phi) is 4.93. The van der Waals surface area contributed by atoms with Crippen LogP contribution in [0.5, 0.6) is 5.75 Å². The molecule has 5 heteroatoms. The van der Waals surface area contributed by atoms with E-state index in [9.17, 15) is 17.6 Å². The van der Waals surface area contributed by atoms with Crippen LogP contribution in [0.15, 0.2) is 48.5 Å². The van der Waals surface area contributed by atoms with Crippen molar-refractivity contribution in [3.05, 3.63) is 65.7 Å². The molecule has 0 fully saturated rings. The maximum atomic E-state index is 13.9. The van der Waals surface area contributed by atoms with E-state index in [0.29, 0.717) is 5.56 Å². The van der Waals surface area contributed by atoms with E-state index in [1.54, 1.807) is 6.07 Å². The highest BCUT2D eigenvalue weighted by atomic mass is 19.3. The molecule has 3 aromatic rings. The number of aryl methyl sites for hydroxylation is 1. The third kappa shape index (κ3) is 3.76. The van der Waals surface area contributed by atoms with Crippen LogP contribution in [-0.2, 0) is 6.42 Å². The quantitative estimate of drug-likeness (QED) is 0.489. The van der Waals surface area contributed by atoms with Gasteiger partial charge in [-0.1, -0.05) is 43.7 Å². The fourth-order valence-corrected chi connectivity index (χ4v) is 2.85. The Bertz CT molecular complexity index is 882. The van der Waals surface area contributed by atoms with Gasteiger partial charge < -0.3 is 4.74 Å². The molecule has 130 valence electrons. The van der Waals surface area contributed by atoms with Crippen LogP contribution in [0.1, 0.15) is 18.9 Å². The molecule has 0 aromatic heterocycles. The molecule has 0 unspecified atom stereocenters. The van der Waals surface area contributed by atoms with Crippen molar-refractivity contribution in [3.63, 3.8) is 0 Å². The minimum absolute atomic E-state index is 0.260. The molecule has 0 aliphatic carbocycles. The minimum atomic E-state index is -3.28. The highest BCUT2D eigenvalue weighted by molar-refractivity contribution is 5.88. The molecule has 3 rings (SSSR count). The largest absolute Gasteiger partial charge is 0.429 e. The molecule has 0 saturated carbocycles. The van der Waals surface area contributed by atoms with Gasteiger partial charge in [-0.05, 0) is 52.1 Å². The predicted octanol–water partition coefficient (Wildman–Crippen LogP) is 6.34. The van der Waals surface area contributed by atoms with Crippen molar-refractivity contribution in [3.8, 4) is 16.9 Å². The minimum Gasteiger partial charge on any atom is -0.429 e. The molecule has 0 heterocycles. The van der Waals surface area contributed by atoms with Crippen molar-refractivity contribution in [2.75, 3.05) is 0 Å². The summed E-state index contributed by atoms with van der Waals surface area (Å²) in [6, 6.07) is 13.5. The van der Waals surface area contributed by atoms with E-state index in [1.165, 1.54) is 5.56 Å². The molecule has 0 amide bonds. The van der Waals surface area contributed by atoms with Gasteiger partial charge in [-0.3, -0.25) is 0 Å². The Morgan fingerprint density at radius 3 is 2.12 bits per heavy atom. The summed E-state index contributed by atoms with van der Waals surface area (Å²) in [6.45, 7) is -1.18. The Morgan fingerprint density at radius 1 is 0.840 bits per heavy atom. The first-order valence-corrected chi connectivity index (χ1v) is 7.95. The number of fused-ring (bicyclic) bond motifs is 1. The third-order valence-corrected chi connectivity index (χ3v) is 3.98. The summed E-state index contributed by atoms with van der Waals surface area (Å²) in [5.41, 5.74) is 2.08. The lowest BCUT2D eigenvalue weighted by Gasteiger charge is -2.10. The second kappa shape index (κ2) is 7.13. The van der Waals surface area contributed by atoms with E-state index in [-0.39, 0.29) is 5.56 Å². The number of alkyl halides is 2. The Hall–Kier alpha value is -2.56. The van der Waals surface area contributed by atoms with Gasteiger partial charge in [0.1, 0.15) is 0 Å². The average molecular weight is 348 g/mol. The lowest BCUT2D eigenvalue weighted by Crippen LogP contribution is -2.06. The van der Waals surface area contributed by atoms with E-state index in [4.69, 9.17) is 0 Å². The van der Waals surface area contributed by atoms with Crippen molar-refractivity contribution in [1.82, 2.24) is 0 Å². The number of hydrogen-bond acceptors (Lipinski definition) is 1. The predicted molar refractivity (Wildman–Crippen MR) is 89.9 cm³/mol. The van der Waals surface area contributed by atoms with Crippen LogP contribution in [-0.4, -0.2) is 6.61 Å². The molecule has 0 radical (unpaired) electrons. The monoisotopic (exact) mass is 348 g/mol. The smallest absolute Gasteiger partial charge is 0.387 e. The SMILES string of the molecule is CCCc1ccc2cc(-c3cc(F)c(OC(F)F)c(F)c3)ccc2c1. The summed E-state index contributed by atoms with van der Waals surface area (Å²) in [6.07, 6.45) is 2.04. The first-order chi connectivity index (χ1) is 12.0. The zero-order valence-electron chi connectivity index (χ0n) is 13.5. The fourth-order valence-electron chi connectivity index (χ4n) is 2.85. The topological polar surface area (TPSA) is 9.23 Å². The van der Waals surface area contributed by atoms with E-state index in [2.05, 4.69) is 17.7 Å². The molecule has 0 aliphatic rings. The molecule has 0 aliphatic heterocycles. The van der Waals surface area contributed by atoms with Gasteiger partial charge in [-0.25, -0.2) is 8.78 Å². The number of rotatable bonds is 5. The van der Waals surface area contributed by atoms with Crippen molar-refractivity contribution in [2.24, 2.45) is 0 Å². The van der Waals surface area contributed by atoms with Crippen LogP contribution in [0.25, 0.3) is 21.9 Å². The zero-order chi connectivity index (χ0) is 18.0. The fraction of sp³-hybridized carbons (Fsp3) is 0.200. The Labute approximate surface area is 142 Å². The maximum Gasteiger partial charge on any atom is 0.387 e. The van der Waals surface area contributed by atoms with Crippen LogP contribution in [0.3, 0.4) is 0 Å². The summed E-state index contributed by atoms with van der Waals surface area (Å²) >= 11 is 0. The molecule has 1 nitrogen and oxygen atoms in total. The molecule has 0 saturated heterocycles. The van der Waals surface area contributed by atoms with Gasteiger partial charge in [0.05, 0.1) is 0 Å². The van der Waals surface area contributed by atoms with Crippen molar-refractivity contribution >= 4 is 10.8 Å². The third-order valence-electron chi connectivity index (χ3n) is 3.98. The number of halogens is 4. The van der Waals surface area contributed by atoms with Gasteiger partial charge in [0.25, 0.3) is 0 Å². The second-order valence-corrected chi connectivity index (χ2v) is 5.79. The normalized spacial score (nSPS) is 11.3. The maximum absolute atomic E-state index is 13.9. The Morgan fingerprint density at radius 2 is 1.48 bits per heavy atom. The van der Waals surface area contributed by atoms with Crippen molar-refractivity contribution < 1.29 is 22.3 Å². The summed E-state index contributed by atoms with van der Waals surface area (Å²) in [4.78, 5) is 0. The molecule has 3 aromatic carbocycles. The molecule has 0 N–H and O–H groups in total. The van der Waals surface area contributed by atoms with Crippen LogP contribution >= 0.6 is 0 Å². The first-order valence-electron chi connectivity index (χ1n) is 7.95. The Balaban J connectivity index is 2.00. The van der Waals surface area contributed by atoms with Crippen LogP contribution in [0.2, 0.25) is 0 Å². The highest BCUT2D eigenvalue weighted by Crippen LogP contribution is 2.31. The van der Waals surface area contributed by atoms with Gasteiger partial charge in [0.15, 0.2) is 17.4 Å². The molecular weight excluding hydrogens is 332 g/mol. The molecular formula is C20H16F4O. The summed E-state index contributed by atoms with van der Waals surface area (Å²) < 4.78 is 56.1. The van der Waals surface area contributed by atoms with E-state index in [0.717, 1.165) is 35.7 Å². The van der Waals surface area contributed by atoms with E-state index in [1.807, 2.05) is 24.3 Å². The summed E-state index contributed by atoms with van der Waals surface area (Å²) in [7, 11) is 0. The van der Waals surface area contributed by atoms with Gasteiger partial charge in [-0.15, -0.1) is 0 Å². The van der Waals surface area contributed by atoms with Gasteiger partial charge in [0.2, 0.25) is 0 Å². The molecule has 0 bridgehead atoms. The van der Waals surface area contributed by atoms with Crippen molar-refractivity contribution in [2.45, 2.75) is 26.4 Å². The lowest BCUT2D eigenvalue weighted by molar-refractivity contribution is -0.0546. The average Bonchev–Trinajstić information content (AvgIpc) is 2.57. The van der Waals surface area contributed by atoms with Gasteiger partial charge >= 0.3 is 6.61 Å². The molecule has 0 spiro atoms. The van der Waals surface area contributed by atoms with Crippen LogP contribution in [0.4, 0.5) is 17.6 Å². The van der Waals surface area contributed by atoms with Crippen molar-refractivity contribution in [1.29, 1.82) is 0 Å². The van der Waals surface area contributed by atoms with Crippen LogP contribution < -0.4 is 4.74 Å². The van der Waals surface area contributed by atoms with Gasteiger partial charge in [-0.2, -0.15) is 8.78 Å². The number of hydrogen-bond donors (Lipinski definition) is 0. The number of ether oxygens (including phenoxy) is 1. The lowest BCUT2D eigenvalue weighted by atomic mass is 9.98. The van der Waals surface area contributed by atoms with E-state index < -0.39 is 24.0 Å². The highest BCUT2D eigenvalue weighted by Gasteiger charge is 2.17. The standard InChI is InChI=1S/C20H16F4O/c1-2-3-12-4-5-14-9-15(7-6-13(14)8-12)16-10-17(21)19(18(22)11-16)25-20(23)24/h4-11,20H,2-3H2,1H3. The van der Waals surface area contributed by atoms with E-state index >= 15 is 0 Å². The summed E-state index contributed by atoms with van der Waals surface area (Å²) in [5.74, 6) is -3.38. The second-order valence-electron chi connectivity index (χ2n) is 5.79. The first kappa shape index (κ1) is 17.3. The molecule has 25 heavy (non-hydrogen) atoms. The molecule has 0 atom stereocenters. The van der Waals surface area contributed by atoms with Crippen LogP contribution in [0, 0.1) is 11.6 Å². The summed E-state index contributed by atoms with van der Waals surface area (Å²) in [5, 5.41) is 1.97. The number of benzene rings is 3. The van der Waals surface area contributed by atoms with Gasteiger partial charge in [0, 0.05) is 0 Å². The zero-order valence-corrected chi connectivity index (χ0v) is 13.5.